The maximum absolute atomic E-state index is 11.8. The number of ether oxygens (including phenoxy) is 1. The first-order valence-electron chi connectivity index (χ1n) is 5.84. The van der Waals surface area contributed by atoms with Gasteiger partial charge in [-0.25, -0.2) is 0 Å². The minimum Gasteiger partial charge on any atom is -0.379 e. The van der Waals surface area contributed by atoms with Gasteiger partial charge in [-0.05, 0) is 30.9 Å². The Balaban J connectivity index is 1.75. The van der Waals surface area contributed by atoms with Crippen molar-refractivity contribution in [3.63, 3.8) is 0 Å². The number of aryl methyl sites for hydroxylation is 2. The lowest BCUT2D eigenvalue weighted by Crippen LogP contribution is -2.26. The Labute approximate surface area is 114 Å². The quantitative estimate of drug-likeness (QED) is 0.646. The first-order valence-corrected chi connectivity index (χ1v) is 7.78. The molecule has 17 heavy (non-hydrogen) atoms. The number of halogens is 1. The highest BCUT2D eigenvalue weighted by atomic mass is 79.9. The van der Waals surface area contributed by atoms with Crippen LogP contribution in [-0.2, 0) is 17.6 Å². The van der Waals surface area contributed by atoms with Gasteiger partial charge < -0.3 is 10.1 Å². The number of alkyl halides is 1. The van der Waals surface area contributed by atoms with E-state index < -0.39 is 0 Å². The molecule has 1 heterocycles. The maximum atomic E-state index is 11.8. The smallest absolute Gasteiger partial charge is 0.261 e. The van der Waals surface area contributed by atoms with Gasteiger partial charge in [0.15, 0.2) is 0 Å². The van der Waals surface area contributed by atoms with Crippen molar-refractivity contribution in [2.45, 2.75) is 19.3 Å². The molecule has 0 radical (unpaired) electrons. The van der Waals surface area contributed by atoms with Crippen LogP contribution in [0.2, 0.25) is 0 Å². The highest BCUT2D eigenvalue weighted by molar-refractivity contribution is 9.09. The monoisotopic (exact) mass is 317 g/mol. The molecule has 0 spiro atoms. The van der Waals surface area contributed by atoms with Crippen molar-refractivity contribution in [2.24, 2.45) is 0 Å². The van der Waals surface area contributed by atoms with Crippen LogP contribution in [0.25, 0.3) is 0 Å². The van der Waals surface area contributed by atoms with Crippen molar-refractivity contribution in [2.75, 3.05) is 25.1 Å². The molecule has 2 rings (SSSR count). The fourth-order valence-electron chi connectivity index (χ4n) is 1.92. The zero-order valence-electron chi connectivity index (χ0n) is 9.63. The molecule has 0 aromatic carbocycles. The van der Waals surface area contributed by atoms with Gasteiger partial charge in [-0.1, -0.05) is 15.9 Å². The van der Waals surface area contributed by atoms with Crippen LogP contribution < -0.4 is 5.32 Å². The van der Waals surface area contributed by atoms with E-state index in [2.05, 4.69) is 21.2 Å². The molecule has 1 amide bonds. The predicted molar refractivity (Wildman–Crippen MR) is 73.3 cm³/mol. The molecule has 1 N–H and O–H groups in total. The molecule has 5 heteroatoms. The second-order valence-electron chi connectivity index (χ2n) is 3.97. The standard InChI is InChI=1S/C12H16BrNO2S/c13-4-6-16-7-5-14-12(15)11-8-9-2-1-3-10(9)17-11/h8H,1-7H2,(H,14,15). The van der Waals surface area contributed by atoms with E-state index in [0.717, 1.165) is 23.0 Å². The van der Waals surface area contributed by atoms with Crippen molar-refractivity contribution in [3.8, 4) is 0 Å². The Kier molecular flexibility index (Phi) is 5.00. The van der Waals surface area contributed by atoms with Crippen molar-refractivity contribution >= 4 is 33.2 Å². The fourth-order valence-corrected chi connectivity index (χ4v) is 3.32. The molecule has 1 aliphatic carbocycles. The molecule has 1 aromatic heterocycles. The summed E-state index contributed by atoms with van der Waals surface area (Å²) in [4.78, 5) is 14.1. The topological polar surface area (TPSA) is 38.3 Å². The zero-order chi connectivity index (χ0) is 12.1. The van der Waals surface area contributed by atoms with Gasteiger partial charge in [-0.2, -0.15) is 0 Å². The molecule has 0 atom stereocenters. The van der Waals surface area contributed by atoms with E-state index in [9.17, 15) is 4.79 Å². The fraction of sp³-hybridized carbons (Fsp3) is 0.583. The Morgan fingerprint density at radius 3 is 3.12 bits per heavy atom. The van der Waals surface area contributed by atoms with Crippen LogP contribution >= 0.6 is 27.3 Å². The third kappa shape index (κ3) is 3.53. The van der Waals surface area contributed by atoms with E-state index in [-0.39, 0.29) is 5.91 Å². The predicted octanol–water partition coefficient (Wildman–Crippen LogP) is 2.38. The van der Waals surface area contributed by atoms with E-state index >= 15 is 0 Å². The molecule has 0 saturated heterocycles. The van der Waals surface area contributed by atoms with Crippen LogP contribution in [0.4, 0.5) is 0 Å². The average Bonchev–Trinajstić information content (AvgIpc) is 2.88. The molecular weight excluding hydrogens is 302 g/mol. The molecule has 0 aliphatic heterocycles. The van der Waals surface area contributed by atoms with E-state index in [1.807, 2.05) is 6.07 Å². The highest BCUT2D eigenvalue weighted by Crippen LogP contribution is 2.30. The third-order valence-electron chi connectivity index (χ3n) is 2.72. The summed E-state index contributed by atoms with van der Waals surface area (Å²) in [6.07, 6.45) is 3.51. The summed E-state index contributed by atoms with van der Waals surface area (Å²) in [5.74, 6) is 0.0341. The number of carbonyl (C=O) groups is 1. The molecule has 94 valence electrons. The molecule has 0 fully saturated rings. The number of amides is 1. The van der Waals surface area contributed by atoms with E-state index in [4.69, 9.17) is 4.74 Å². The molecule has 0 saturated carbocycles. The van der Waals surface area contributed by atoms with Crippen LogP contribution in [0.3, 0.4) is 0 Å². The lowest BCUT2D eigenvalue weighted by atomic mass is 10.2. The highest BCUT2D eigenvalue weighted by Gasteiger charge is 2.17. The molecular formula is C12H16BrNO2S. The number of fused-ring (bicyclic) bond motifs is 1. The Hall–Kier alpha value is -0.390. The second kappa shape index (κ2) is 6.52. The van der Waals surface area contributed by atoms with Crippen molar-refractivity contribution in [1.82, 2.24) is 5.32 Å². The van der Waals surface area contributed by atoms with Crippen molar-refractivity contribution in [1.29, 1.82) is 0 Å². The number of hydrogen-bond acceptors (Lipinski definition) is 3. The van der Waals surface area contributed by atoms with Gasteiger partial charge in [0.25, 0.3) is 5.91 Å². The van der Waals surface area contributed by atoms with Crippen LogP contribution in [0, 0.1) is 0 Å². The number of thiophene rings is 1. The largest absolute Gasteiger partial charge is 0.379 e. The van der Waals surface area contributed by atoms with E-state index in [1.54, 1.807) is 11.3 Å². The average molecular weight is 318 g/mol. The molecule has 1 aromatic rings. The summed E-state index contributed by atoms with van der Waals surface area (Å²) < 4.78 is 5.27. The second-order valence-corrected chi connectivity index (χ2v) is 5.90. The van der Waals surface area contributed by atoms with Gasteiger partial charge >= 0.3 is 0 Å². The number of nitrogens with one attached hydrogen (secondary N) is 1. The summed E-state index contributed by atoms with van der Waals surface area (Å²) in [5.41, 5.74) is 1.37. The SMILES string of the molecule is O=C(NCCOCCBr)c1cc2c(s1)CCC2. The molecule has 3 nitrogen and oxygen atoms in total. The summed E-state index contributed by atoms with van der Waals surface area (Å²) in [7, 11) is 0. The first-order chi connectivity index (χ1) is 8.31. The Bertz CT molecular complexity index is 370. The number of carbonyl (C=O) groups excluding carboxylic acids is 1. The van der Waals surface area contributed by atoms with Crippen molar-refractivity contribution < 1.29 is 9.53 Å². The summed E-state index contributed by atoms with van der Waals surface area (Å²) in [5, 5.41) is 3.71. The zero-order valence-corrected chi connectivity index (χ0v) is 12.0. The van der Waals surface area contributed by atoms with E-state index in [1.165, 1.54) is 16.9 Å². The van der Waals surface area contributed by atoms with Gasteiger partial charge in [-0.15, -0.1) is 11.3 Å². The lowest BCUT2D eigenvalue weighted by Gasteiger charge is -2.03. The first kappa shape index (κ1) is 13.1. The van der Waals surface area contributed by atoms with Crippen LogP contribution in [0.5, 0.6) is 0 Å². The van der Waals surface area contributed by atoms with Gasteiger partial charge in [0.1, 0.15) is 0 Å². The summed E-state index contributed by atoms with van der Waals surface area (Å²) >= 11 is 4.92. The normalized spacial score (nSPS) is 13.7. The molecule has 1 aliphatic rings. The summed E-state index contributed by atoms with van der Waals surface area (Å²) in [6, 6.07) is 2.04. The third-order valence-corrected chi connectivity index (χ3v) is 4.28. The number of rotatable bonds is 6. The maximum Gasteiger partial charge on any atom is 0.261 e. The van der Waals surface area contributed by atoms with Crippen LogP contribution in [0.15, 0.2) is 6.07 Å². The van der Waals surface area contributed by atoms with Crippen molar-refractivity contribution in [3.05, 3.63) is 21.4 Å². The van der Waals surface area contributed by atoms with Gasteiger partial charge in [0.2, 0.25) is 0 Å². The van der Waals surface area contributed by atoms with Gasteiger partial charge in [0, 0.05) is 16.8 Å². The van der Waals surface area contributed by atoms with Gasteiger partial charge in [0.05, 0.1) is 18.1 Å². The summed E-state index contributed by atoms with van der Waals surface area (Å²) in [6.45, 7) is 1.83. The molecule has 0 bridgehead atoms. The minimum atomic E-state index is 0.0341. The lowest BCUT2D eigenvalue weighted by molar-refractivity contribution is 0.0928. The Morgan fingerprint density at radius 1 is 1.47 bits per heavy atom. The van der Waals surface area contributed by atoms with E-state index in [0.29, 0.717) is 19.8 Å². The molecule has 0 unspecified atom stereocenters. The van der Waals surface area contributed by atoms with Crippen LogP contribution in [0.1, 0.15) is 26.5 Å². The van der Waals surface area contributed by atoms with Gasteiger partial charge in [-0.3, -0.25) is 4.79 Å². The number of hydrogen-bond donors (Lipinski definition) is 1. The Morgan fingerprint density at radius 2 is 2.35 bits per heavy atom. The minimum absolute atomic E-state index is 0.0341. The van der Waals surface area contributed by atoms with Crippen LogP contribution in [-0.4, -0.2) is 31.0 Å².